The van der Waals surface area contributed by atoms with Crippen LogP contribution in [-0.4, -0.2) is 27.4 Å². The molecule has 162 valence electrons. The lowest BCUT2D eigenvalue weighted by Crippen LogP contribution is -2.36. The van der Waals surface area contributed by atoms with Crippen molar-refractivity contribution in [3.8, 4) is 11.3 Å². The summed E-state index contributed by atoms with van der Waals surface area (Å²) in [5.74, 6) is -1.63. The van der Waals surface area contributed by atoms with E-state index in [0.29, 0.717) is 23.2 Å². The van der Waals surface area contributed by atoms with E-state index in [-0.39, 0.29) is 34.9 Å². The van der Waals surface area contributed by atoms with Crippen LogP contribution in [0.3, 0.4) is 0 Å². The van der Waals surface area contributed by atoms with Gasteiger partial charge in [-0.2, -0.15) is 0 Å². The van der Waals surface area contributed by atoms with Crippen LogP contribution in [0.15, 0.2) is 54.9 Å². The molecule has 0 aliphatic heterocycles. The summed E-state index contributed by atoms with van der Waals surface area (Å²) in [5.41, 5.74) is 2.42. The van der Waals surface area contributed by atoms with Gasteiger partial charge in [-0.15, -0.1) is 0 Å². The maximum atomic E-state index is 14.5. The largest absolute Gasteiger partial charge is 0.352 e. The van der Waals surface area contributed by atoms with Crippen LogP contribution in [0.25, 0.3) is 22.2 Å². The SMILES string of the molecule is O=C(NCC1CC(c2c(-c3ccc(F)cc3)[nH]c3c(F)cc(F)cc23)C1)c1ncccn1. The highest BCUT2D eigenvalue weighted by Gasteiger charge is 2.35. The highest BCUT2D eigenvalue weighted by molar-refractivity contribution is 5.92. The normalized spacial score (nSPS) is 17.8. The van der Waals surface area contributed by atoms with Gasteiger partial charge in [0.1, 0.15) is 17.5 Å². The number of rotatable bonds is 5. The fraction of sp³-hybridized carbons (Fsp3) is 0.208. The summed E-state index contributed by atoms with van der Waals surface area (Å²) in [4.78, 5) is 23.1. The summed E-state index contributed by atoms with van der Waals surface area (Å²) in [5, 5.41) is 3.33. The second-order valence-electron chi connectivity index (χ2n) is 8.05. The van der Waals surface area contributed by atoms with Crippen molar-refractivity contribution in [2.24, 2.45) is 5.92 Å². The van der Waals surface area contributed by atoms with E-state index in [1.807, 2.05) is 0 Å². The molecule has 2 aromatic heterocycles. The summed E-state index contributed by atoms with van der Waals surface area (Å²) in [6.45, 7) is 0.463. The molecular formula is C24H19F3N4O. The Morgan fingerprint density at radius 1 is 1.03 bits per heavy atom. The van der Waals surface area contributed by atoms with Crippen molar-refractivity contribution in [3.63, 3.8) is 0 Å². The predicted molar refractivity (Wildman–Crippen MR) is 113 cm³/mol. The molecule has 2 aromatic carbocycles. The van der Waals surface area contributed by atoms with Crippen molar-refractivity contribution in [2.45, 2.75) is 18.8 Å². The molecule has 4 aromatic rings. The van der Waals surface area contributed by atoms with Crippen LogP contribution >= 0.6 is 0 Å². The first-order valence-corrected chi connectivity index (χ1v) is 10.3. The Labute approximate surface area is 181 Å². The number of H-pyrrole nitrogens is 1. The van der Waals surface area contributed by atoms with Crippen molar-refractivity contribution in [1.29, 1.82) is 0 Å². The number of carbonyl (C=O) groups is 1. The topological polar surface area (TPSA) is 70.7 Å². The lowest BCUT2D eigenvalue weighted by atomic mass is 9.70. The first kappa shape index (κ1) is 20.2. The Hall–Kier alpha value is -3.68. The lowest BCUT2D eigenvalue weighted by Gasteiger charge is -2.36. The van der Waals surface area contributed by atoms with Gasteiger partial charge in [-0.05, 0) is 72.2 Å². The zero-order valence-corrected chi connectivity index (χ0v) is 16.9. The molecule has 5 rings (SSSR count). The Morgan fingerprint density at radius 3 is 2.47 bits per heavy atom. The molecule has 0 radical (unpaired) electrons. The van der Waals surface area contributed by atoms with E-state index in [1.165, 1.54) is 30.6 Å². The predicted octanol–water partition coefficient (Wildman–Crippen LogP) is 4.97. The number of carbonyl (C=O) groups excluding carboxylic acids is 1. The van der Waals surface area contributed by atoms with E-state index in [0.717, 1.165) is 24.5 Å². The van der Waals surface area contributed by atoms with Crippen LogP contribution in [0, 0.1) is 23.4 Å². The second-order valence-corrected chi connectivity index (χ2v) is 8.05. The number of aromatic amines is 1. The Morgan fingerprint density at radius 2 is 1.75 bits per heavy atom. The molecule has 0 spiro atoms. The van der Waals surface area contributed by atoms with Crippen molar-refractivity contribution < 1.29 is 18.0 Å². The molecule has 1 fully saturated rings. The van der Waals surface area contributed by atoms with E-state index in [2.05, 4.69) is 20.3 Å². The highest BCUT2D eigenvalue weighted by Crippen LogP contribution is 2.48. The summed E-state index contributed by atoms with van der Waals surface area (Å²) in [6, 6.07) is 9.74. The third kappa shape index (κ3) is 3.72. The molecule has 1 aliphatic rings. The molecule has 1 saturated carbocycles. The van der Waals surface area contributed by atoms with Crippen molar-refractivity contribution in [1.82, 2.24) is 20.3 Å². The molecule has 0 unspecified atom stereocenters. The zero-order chi connectivity index (χ0) is 22.2. The lowest BCUT2D eigenvalue weighted by molar-refractivity contribution is 0.0924. The standard InChI is InChI=1S/C24H19F3N4O/c25-16-4-2-14(3-5-16)21-20(18-10-17(26)11-19(27)22(18)31-21)15-8-13(9-15)12-30-24(32)23-28-6-1-7-29-23/h1-7,10-11,13,15,31H,8-9,12H2,(H,30,32). The molecule has 2 N–H and O–H groups in total. The number of aromatic nitrogens is 3. The molecule has 2 heterocycles. The van der Waals surface area contributed by atoms with Crippen LogP contribution in [0.5, 0.6) is 0 Å². The van der Waals surface area contributed by atoms with Crippen molar-refractivity contribution in [3.05, 3.63) is 83.7 Å². The second kappa shape index (κ2) is 8.11. The van der Waals surface area contributed by atoms with Gasteiger partial charge in [0.2, 0.25) is 5.82 Å². The van der Waals surface area contributed by atoms with Gasteiger partial charge in [-0.1, -0.05) is 0 Å². The first-order valence-electron chi connectivity index (χ1n) is 10.3. The van der Waals surface area contributed by atoms with Gasteiger partial charge < -0.3 is 10.3 Å². The van der Waals surface area contributed by atoms with E-state index in [9.17, 15) is 18.0 Å². The number of fused-ring (bicyclic) bond motifs is 1. The van der Waals surface area contributed by atoms with Gasteiger partial charge in [-0.3, -0.25) is 4.79 Å². The zero-order valence-electron chi connectivity index (χ0n) is 16.9. The van der Waals surface area contributed by atoms with Gasteiger partial charge >= 0.3 is 0 Å². The Kier molecular flexibility index (Phi) is 5.13. The van der Waals surface area contributed by atoms with Gasteiger partial charge in [0.25, 0.3) is 5.91 Å². The molecule has 32 heavy (non-hydrogen) atoms. The van der Waals surface area contributed by atoms with Crippen molar-refractivity contribution >= 4 is 16.8 Å². The summed E-state index contributed by atoms with van der Waals surface area (Å²) in [6.07, 6.45) is 4.51. The number of hydrogen-bond acceptors (Lipinski definition) is 3. The van der Waals surface area contributed by atoms with Gasteiger partial charge in [0.05, 0.1) is 11.2 Å². The van der Waals surface area contributed by atoms with Crippen molar-refractivity contribution in [2.75, 3.05) is 6.54 Å². The number of amides is 1. The number of nitrogens with zero attached hydrogens (tertiary/aromatic N) is 2. The molecule has 0 bridgehead atoms. The average molecular weight is 436 g/mol. The minimum atomic E-state index is -0.666. The minimum absolute atomic E-state index is 0.0554. The van der Waals surface area contributed by atoms with Crippen LogP contribution < -0.4 is 5.32 Å². The van der Waals surface area contributed by atoms with Gasteiger partial charge in [0, 0.05) is 30.4 Å². The summed E-state index contributed by atoms with van der Waals surface area (Å²) < 4.78 is 41.9. The molecule has 8 heteroatoms. The molecule has 1 amide bonds. The smallest absolute Gasteiger partial charge is 0.289 e. The number of halogens is 3. The monoisotopic (exact) mass is 436 g/mol. The quantitative estimate of drug-likeness (QED) is 0.464. The average Bonchev–Trinajstić information content (AvgIpc) is 3.13. The maximum Gasteiger partial charge on any atom is 0.289 e. The Bertz CT molecular complexity index is 1280. The highest BCUT2D eigenvalue weighted by atomic mass is 19.1. The summed E-state index contributed by atoms with van der Waals surface area (Å²) >= 11 is 0. The van der Waals surface area contributed by atoms with E-state index < -0.39 is 11.6 Å². The van der Waals surface area contributed by atoms with Crippen LogP contribution in [0.4, 0.5) is 13.2 Å². The van der Waals surface area contributed by atoms with Crippen LogP contribution in [-0.2, 0) is 0 Å². The third-order valence-corrected chi connectivity index (χ3v) is 5.96. The van der Waals surface area contributed by atoms with E-state index in [1.54, 1.807) is 18.2 Å². The van der Waals surface area contributed by atoms with Crippen LogP contribution in [0.1, 0.15) is 34.9 Å². The molecule has 1 aliphatic carbocycles. The molecule has 5 nitrogen and oxygen atoms in total. The Balaban J connectivity index is 1.39. The molecular weight excluding hydrogens is 417 g/mol. The fourth-order valence-electron chi connectivity index (χ4n) is 4.38. The number of benzene rings is 2. The van der Waals surface area contributed by atoms with E-state index in [4.69, 9.17) is 0 Å². The minimum Gasteiger partial charge on any atom is -0.352 e. The van der Waals surface area contributed by atoms with Gasteiger partial charge in [-0.25, -0.2) is 23.1 Å². The third-order valence-electron chi connectivity index (χ3n) is 5.96. The van der Waals surface area contributed by atoms with Crippen LogP contribution in [0.2, 0.25) is 0 Å². The maximum absolute atomic E-state index is 14.5. The molecule has 0 atom stereocenters. The van der Waals surface area contributed by atoms with E-state index >= 15 is 0 Å². The first-order chi connectivity index (χ1) is 15.5. The summed E-state index contributed by atoms with van der Waals surface area (Å²) in [7, 11) is 0. The number of hydrogen-bond donors (Lipinski definition) is 2. The fourth-order valence-corrected chi connectivity index (χ4v) is 4.38. The number of nitrogens with one attached hydrogen (secondary N) is 2. The van der Waals surface area contributed by atoms with Gasteiger partial charge in [0.15, 0.2) is 0 Å². The molecule has 0 saturated heterocycles.